The first kappa shape index (κ1) is 12.3. The Kier molecular flexibility index (Phi) is 4.84. The number of alkyl halides is 1. The van der Waals surface area contributed by atoms with Crippen molar-refractivity contribution in [1.82, 2.24) is 10.2 Å². The molecule has 0 saturated carbocycles. The summed E-state index contributed by atoms with van der Waals surface area (Å²) in [7, 11) is 1.66. The highest BCUT2D eigenvalue weighted by Gasteiger charge is 2.13. The topological polar surface area (TPSA) is 60.2 Å². The molecule has 1 heterocycles. The van der Waals surface area contributed by atoms with Crippen LogP contribution in [-0.4, -0.2) is 30.0 Å². The zero-order valence-corrected chi connectivity index (χ0v) is 9.91. The number of methoxy groups -OCH3 is 1. The Morgan fingerprint density at radius 3 is 2.73 bits per heavy atom. The number of anilines is 1. The molecule has 5 nitrogen and oxygen atoms in total. The third-order valence-electron chi connectivity index (χ3n) is 1.97. The summed E-state index contributed by atoms with van der Waals surface area (Å²) in [5.41, 5.74) is 0. The Bertz CT molecular complexity index is 291. The Balaban J connectivity index is 2.55. The molecule has 1 aromatic heterocycles. The lowest BCUT2D eigenvalue weighted by Gasteiger charge is -2.13. The molecular formula is C9H16ClN3O2. The fourth-order valence-electron chi connectivity index (χ4n) is 1.09. The Hall–Kier alpha value is -0.810. The summed E-state index contributed by atoms with van der Waals surface area (Å²) in [6, 6.07) is 0.565. The predicted molar refractivity (Wildman–Crippen MR) is 58.1 cm³/mol. The van der Waals surface area contributed by atoms with Crippen LogP contribution in [-0.2, 0) is 4.74 Å². The normalized spacial score (nSPS) is 14.9. The van der Waals surface area contributed by atoms with Crippen molar-refractivity contribution in [2.75, 3.05) is 19.0 Å². The van der Waals surface area contributed by atoms with Gasteiger partial charge in [0.1, 0.15) is 5.38 Å². The standard InChI is InChI=1S/C9H16ClN3O2/c1-4-7(5-14-3)11-9-13-12-8(15-9)6(2)10/h6-7H,4-5H2,1-3H3,(H,11,13). The zero-order valence-electron chi connectivity index (χ0n) is 9.16. The number of hydrogen-bond acceptors (Lipinski definition) is 5. The molecule has 0 aliphatic carbocycles. The van der Waals surface area contributed by atoms with Crippen LogP contribution in [0.25, 0.3) is 0 Å². The maximum atomic E-state index is 5.80. The summed E-state index contributed by atoms with van der Waals surface area (Å²) in [4.78, 5) is 0. The minimum Gasteiger partial charge on any atom is -0.406 e. The molecule has 6 heteroatoms. The number of rotatable bonds is 6. The second-order valence-corrected chi connectivity index (χ2v) is 3.92. The van der Waals surface area contributed by atoms with Gasteiger partial charge in [-0.05, 0) is 13.3 Å². The van der Waals surface area contributed by atoms with E-state index in [4.69, 9.17) is 20.8 Å². The van der Waals surface area contributed by atoms with E-state index in [2.05, 4.69) is 22.4 Å². The minimum atomic E-state index is -0.268. The summed E-state index contributed by atoms with van der Waals surface area (Å²) in [5, 5.41) is 10.5. The van der Waals surface area contributed by atoms with Gasteiger partial charge in [0.15, 0.2) is 0 Å². The highest BCUT2D eigenvalue weighted by molar-refractivity contribution is 6.20. The summed E-state index contributed by atoms with van der Waals surface area (Å²) in [6.07, 6.45) is 0.919. The summed E-state index contributed by atoms with van der Waals surface area (Å²) in [6.45, 7) is 4.44. The lowest BCUT2D eigenvalue weighted by atomic mass is 10.2. The number of halogens is 1. The van der Waals surface area contributed by atoms with Gasteiger partial charge in [-0.2, -0.15) is 0 Å². The van der Waals surface area contributed by atoms with Gasteiger partial charge in [-0.1, -0.05) is 12.0 Å². The maximum Gasteiger partial charge on any atom is 0.315 e. The van der Waals surface area contributed by atoms with Gasteiger partial charge in [-0.25, -0.2) is 0 Å². The van der Waals surface area contributed by atoms with E-state index in [-0.39, 0.29) is 11.4 Å². The monoisotopic (exact) mass is 233 g/mol. The number of nitrogens with zero attached hydrogens (tertiary/aromatic N) is 2. The van der Waals surface area contributed by atoms with Gasteiger partial charge in [-0.3, -0.25) is 0 Å². The second kappa shape index (κ2) is 5.92. The number of ether oxygens (including phenoxy) is 1. The fraction of sp³-hybridized carbons (Fsp3) is 0.778. The lowest BCUT2D eigenvalue weighted by Crippen LogP contribution is -2.23. The molecule has 1 N–H and O–H groups in total. The van der Waals surface area contributed by atoms with Crippen molar-refractivity contribution in [3.8, 4) is 0 Å². The van der Waals surface area contributed by atoms with Crippen molar-refractivity contribution >= 4 is 17.6 Å². The van der Waals surface area contributed by atoms with Crippen molar-refractivity contribution < 1.29 is 9.15 Å². The van der Waals surface area contributed by atoms with E-state index >= 15 is 0 Å². The van der Waals surface area contributed by atoms with Gasteiger partial charge in [0.25, 0.3) is 0 Å². The van der Waals surface area contributed by atoms with E-state index in [1.54, 1.807) is 14.0 Å². The Labute approximate surface area is 94.2 Å². The highest BCUT2D eigenvalue weighted by Crippen LogP contribution is 2.19. The van der Waals surface area contributed by atoms with Gasteiger partial charge in [0, 0.05) is 7.11 Å². The number of nitrogens with one attached hydrogen (secondary N) is 1. The van der Waals surface area contributed by atoms with Crippen molar-refractivity contribution in [2.45, 2.75) is 31.7 Å². The summed E-state index contributed by atoms with van der Waals surface area (Å²) < 4.78 is 10.3. The SMILES string of the molecule is CCC(COC)Nc1nnc(C(C)Cl)o1. The first-order chi connectivity index (χ1) is 7.17. The minimum absolute atomic E-state index is 0.175. The molecule has 15 heavy (non-hydrogen) atoms. The predicted octanol–water partition coefficient (Wildman–Crippen LogP) is 2.21. The molecule has 0 aliphatic rings. The van der Waals surface area contributed by atoms with Crippen molar-refractivity contribution in [3.05, 3.63) is 5.89 Å². The van der Waals surface area contributed by atoms with Crippen LogP contribution in [0.15, 0.2) is 4.42 Å². The molecule has 0 saturated heterocycles. The molecule has 0 fully saturated rings. The van der Waals surface area contributed by atoms with Crippen LogP contribution in [0.3, 0.4) is 0 Å². The average molecular weight is 234 g/mol. The van der Waals surface area contributed by atoms with Crippen LogP contribution in [0.5, 0.6) is 0 Å². The van der Waals surface area contributed by atoms with E-state index in [0.29, 0.717) is 18.5 Å². The molecular weight excluding hydrogens is 218 g/mol. The molecule has 1 rings (SSSR count). The molecule has 0 aliphatic heterocycles. The largest absolute Gasteiger partial charge is 0.406 e. The third-order valence-corrected chi connectivity index (χ3v) is 2.16. The van der Waals surface area contributed by atoms with E-state index in [1.165, 1.54) is 0 Å². The quantitative estimate of drug-likeness (QED) is 0.764. The molecule has 0 aromatic carbocycles. The van der Waals surface area contributed by atoms with Gasteiger partial charge in [0.05, 0.1) is 12.6 Å². The van der Waals surface area contributed by atoms with Crippen molar-refractivity contribution in [2.24, 2.45) is 0 Å². The van der Waals surface area contributed by atoms with Crippen LogP contribution in [0, 0.1) is 0 Å². The Morgan fingerprint density at radius 1 is 1.53 bits per heavy atom. The molecule has 0 amide bonds. The smallest absolute Gasteiger partial charge is 0.315 e. The molecule has 2 atom stereocenters. The van der Waals surface area contributed by atoms with Crippen LogP contribution in [0.1, 0.15) is 31.5 Å². The van der Waals surface area contributed by atoms with Gasteiger partial charge in [0.2, 0.25) is 5.89 Å². The number of aromatic nitrogens is 2. The van der Waals surface area contributed by atoms with Gasteiger partial charge in [-0.15, -0.1) is 16.7 Å². The molecule has 0 bridgehead atoms. The Morgan fingerprint density at radius 2 is 2.27 bits per heavy atom. The molecule has 0 radical (unpaired) electrons. The van der Waals surface area contributed by atoms with Crippen LogP contribution < -0.4 is 5.32 Å². The van der Waals surface area contributed by atoms with E-state index in [1.807, 2.05) is 0 Å². The maximum absolute atomic E-state index is 5.80. The first-order valence-electron chi connectivity index (χ1n) is 4.90. The number of hydrogen-bond donors (Lipinski definition) is 1. The first-order valence-corrected chi connectivity index (χ1v) is 5.34. The summed E-state index contributed by atoms with van der Waals surface area (Å²) >= 11 is 5.80. The van der Waals surface area contributed by atoms with E-state index in [9.17, 15) is 0 Å². The van der Waals surface area contributed by atoms with Gasteiger partial charge < -0.3 is 14.5 Å². The molecule has 1 aromatic rings. The van der Waals surface area contributed by atoms with Crippen LogP contribution in [0.4, 0.5) is 6.01 Å². The zero-order chi connectivity index (χ0) is 11.3. The van der Waals surface area contributed by atoms with Gasteiger partial charge >= 0.3 is 6.01 Å². The van der Waals surface area contributed by atoms with Crippen molar-refractivity contribution in [3.63, 3.8) is 0 Å². The lowest BCUT2D eigenvalue weighted by molar-refractivity contribution is 0.183. The molecule has 0 spiro atoms. The van der Waals surface area contributed by atoms with E-state index < -0.39 is 0 Å². The van der Waals surface area contributed by atoms with Crippen LogP contribution in [0.2, 0.25) is 0 Å². The third kappa shape index (κ3) is 3.68. The fourth-order valence-corrected chi connectivity index (χ4v) is 1.18. The molecule has 2 unspecified atom stereocenters. The van der Waals surface area contributed by atoms with E-state index in [0.717, 1.165) is 6.42 Å². The molecule has 86 valence electrons. The highest BCUT2D eigenvalue weighted by atomic mass is 35.5. The van der Waals surface area contributed by atoms with Crippen molar-refractivity contribution in [1.29, 1.82) is 0 Å². The summed E-state index contributed by atoms with van der Waals surface area (Å²) in [5.74, 6) is 0.423. The second-order valence-electron chi connectivity index (χ2n) is 3.27. The average Bonchev–Trinajstić information content (AvgIpc) is 2.65. The van der Waals surface area contributed by atoms with Crippen LogP contribution >= 0.6 is 11.6 Å².